The molecular formula is C7H16ClNO. The zero-order chi connectivity index (χ0) is 7.82. The molecule has 0 aromatic rings. The van der Waals surface area contributed by atoms with Crippen LogP contribution in [0, 0.1) is 0 Å². The van der Waals surface area contributed by atoms with Gasteiger partial charge >= 0.3 is 0 Å². The average molecular weight is 166 g/mol. The number of nitrogens with one attached hydrogen (secondary N) is 1. The van der Waals surface area contributed by atoms with Crippen LogP contribution in [0.2, 0.25) is 0 Å². The second-order valence-electron chi connectivity index (χ2n) is 2.06. The van der Waals surface area contributed by atoms with Gasteiger partial charge in [-0.15, -0.1) is 11.6 Å². The molecule has 0 fully saturated rings. The molecule has 0 aromatic carbocycles. The lowest BCUT2D eigenvalue weighted by Gasteiger charge is -2.08. The van der Waals surface area contributed by atoms with Crippen molar-refractivity contribution < 1.29 is 4.74 Å². The molecule has 0 bridgehead atoms. The van der Waals surface area contributed by atoms with Crippen LogP contribution in [0.25, 0.3) is 0 Å². The van der Waals surface area contributed by atoms with Gasteiger partial charge in [-0.25, -0.2) is 0 Å². The summed E-state index contributed by atoms with van der Waals surface area (Å²) in [5.41, 5.74) is 0. The second kappa shape index (κ2) is 7.32. The summed E-state index contributed by atoms with van der Waals surface area (Å²) >= 11 is 5.85. The van der Waals surface area contributed by atoms with Crippen molar-refractivity contribution in [2.75, 3.05) is 26.3 Å². The van der Waals surface area contributed by atoms with Gasteiger partial charge in [-0.05, 0) is 13.5 Å². The van der Waals surface area contributed by atoms with Crippen LogP contribution in [0.1, 0.15) is 13.8 Å². The molecule has 62 valence electrons. The monoisotopic (exact) mass is 165 g/mol. The Bertz CT molecular complexity index is 62.6. The quantitative estimate of drug-likeness (QED) is 0.598. The van der Waals surface area contributed by atoms with Crippen LogP contribution in [0.4, 0.5) is 0 Å². The third-order valence-electron chi connectivity index (χ3n) is 1.12. The lowest BCUT2D eigenvalue weighted by Crippen LogP contribution is -2.26. The van der Waals surface area contributed by atoms with E-state index in [2.05, 4.69) is 12.2 Å². The largest absolute Gasteiger partial charge is 0.380 e. The van der Waals surface area contributed by atoms with Gasteiger partial charge in [-0.2, -0.15) is 0 Å². The molecule has 0 heterocycles. The molecule has 10 heavy (non-hydrogen) atoms. The molecule has 1 unspecified atom stereocenters. The Balaban J connectivity index is 3.00. The number of rotatable bonds is 6. The summed E-state index contributed by atoms with van der Waals surface area (Å²) in [6.45, 7) is 7.22. The van der Waals surface area contributed by atoms with E-state index < -0.39 is 0 Å². The molecule has 2 nitrogen and oxygen atoms in total. The molecule has 1 N–H and O–H groups in total. The minimum absolute atomic E-state index is 0.111. The number of hydrogen-bond acceptors (Lipinski definition) is 2. The molecule has 0 rings (SSSR count). The van der Waals surface area contributed by atoms with Gasteiger partial charge in [0.1, 0.15) is 0 Å². The Morgan fingerprint density at radius 1 is 1.50 bits per heavy atom. The molecule has 1 atom stereocenters. The van der Waals surface area contributed by atoms with Crippen molar-refractivity contribution in [1.29, 1.82) is 0 Å². The van der Waals surface area contributed by atoms with E-state index in [4.69, 9.17) is 16.3 Å². The van der Waals surface area contributed by atoms with E-state index in [1.54, 1.807) is 0 Å². The van der Waals surface area contributed by atoms with E-state index in [0.717, 1.165) is 19.7 Å². The number of alkyl halides is 1. The summed E-state index contributed by atoms with van der Waals surface area (Å²) in [5, 5.41) is 3.26. The minimum Gasteiger partial charge on any atom is -0.380 e. The number of halogens is 1. The first kappa shape index (κ1) is 10.2. The smallest absolute Gasteiger partial charge is 0.0694 e. The van der Waals surface area contributed by atoms with E-state index in [0.29, 0.717) is 6.61 Å². The highest BCUT2D eigenvalue weighted by Crippen LogP contribution is 1.93. The predicted molar refractivity (Wildman–Crippen MR) is 44.7 cm³/mol. The zero-order valence-electron chi connectivity index (χ0n) is 6.69. The standard InChI is InChI=1S/C7H16ClNO/c1-3-9-5-7(8)6-10-4-2/h7,9H,3-6H2,1-2H3. The van der Waals surface area contributed by atoms with Crippen LogP contribution >= 0.6 is 11.6 Å². The Morgan fingerprint density at radius 2 is 2.20 bits per heavy atom. The van der Waals surface area contributed by atoms with Crippen molar-refractivity contribution in [3.8, 4) is 0 Å². The van der Waals surface area contributed by atoms with Gasteiger partial charge in [0.15, 0.2) is 0 Å². The van der Waals surface area contributed by atoms with Crippen molar-refractivity contribution in [3.05, 3.63) is 0 Å². The summed E-state index contributed by atoms with van der Waals surface area (Å²) in [7, 11) is 0. The Morgan fingerprint density at radius 3 is 2.70 bits per heavy atom. The van der Waals surface area contributed by atoms with Gasteiger partial charge in [0, 0.05) is 13.2 Å². The molecule has 0 aliphatic heterocycles. The van der Waals surface area contributed by atoms with Crippen molar-refractivity contribution in [3.63, 3.8) is 0 Å². The summed E-state index contributed by atoms with van der Waals surface area (Å²) in [6, 6.07) is 0. The van der Waals surface area contributed by atoms with E-state index in [-0.39, 0.29) is 5.38 Å². The maximum Gasteiger partial charge on any atom is 0.0694 e. The van der Waals surface area contributed by atoms with Crippen molar-refractivity contribution >= 4 is 11.6 Å². The summed E-state index contributed by atoms with van der Waals surface area (Å²) < 4.78 is 5.12. The van der Waals surface area contributed by atoms with Crippen LogP contribution in [0.15, 0.2) is 0 Å². The summed E-state index contributed by atoms with van der Waals surface area (Å²) in [4.78, 5) is 0. The van der Waals surface area contributed by atoms with Crippen LogP contribution < -0.4 is 5.32 Å². The second-order valence-corrected chi connectivity index (χ2v) is 2.68. The van der Waals surface area contributed by atoms with Crippen molar-refractivity contribution in [1.82, 2.24) is 5.32 Å². The van der Waals surface area contributed by atoms with Gasteiger partial charge in [-0.3, -0.25) is 0 Å². The van der Waals surface area contributed by atoms with Gasteiger partial charge in [0.05, 0.1) is 12.0 Å². The van der Waals surface area contributed by atoms with Crippen LogP contribution in [-0.4, -0.2) is 31.7 Å². The molecule has 0 aliphatic rings. The van der Waals surface area contributed by atoms with E-state index in [9.17, 15) is 0 Å². The first-order chi connectivity index (χ1) is 4.81. The van der Waals surface area contributed by atoms with E-state index in [1.165, 1.54) is 0 Å². The van der Waals surface area contributed by atoms with Crippen molar-refractivity contribution in [2.24, 2.45) is 0 Å². The van der Waals surface area contributed by atoms with Crippen LogP contribution in [0.3, 0.4) is 0 Å². The Kier molecular flexibility index (Phi) is 7.47. The SMILES string of the molecule is CCNCC(Cl)COCC. The third-order valence-corrected chi connectivity index (χ3v) is 1.40. The topological polar surface area (TPSA) is 21.3 Å². The normalized spacial score (nSPS) is 13.5. The lowest BCUT2D eigenvalue weighted by molar-refractivity contribution is 0.147. The Hall–Kier alpha value is 0.210. The lowest BCUT2D eigenvalue weighted by atomic mass is 10.4. The van der Waals surface area contributed by atoms with Gasteiger partial charge in [-0.1, -0.05) is 6.92 Å². The zero-order valence-corrected chi connectivity index (χ0v) is 7.45. The fourth-order valence-corrected chi connectivity index (χ4v) is 0.804. The van der Waals surface area contributed by atoms with Gasteiger partial charge in [0.2, 0.25) is 0 Å². The van der Waals surface area contributed by atoms with Crippen LogP contribution in [0.5, 0.6) is 0 Å². The highest BCUT2D eigenvalue weighted by Gasteiger charge is 2.01. The third kappa shape index (κ3) is 6.33. The molecule has 0 aromatic heterocycles. The van der Waals surface area contributed by atoms with E-state index >= 15 is 0 Å². The molecule has 0 radical (unpaired) electrons. The molecule has 0 spiro atoms. The molecule has 0 amide bonds. The van der Waals surface area contributed by atoms with Crippen LogP contribution in [-0.2, 0) is 4.74 Å². The molecule has 0 saturated heterocycles. The minimum atomic E-state index is 0.111. The fraction of sp³-hybridized carbons (Fsp3) is 1.00. The maximum atomic E-state index is 5.85. The highest BCUT2D eigenvalue weighted by atomic mass is 35.5. The number of hydrogen-bond donors (Lipinski definition) is 1. The fourth-order valence-electron chi connectivity index (χ4n) is 0.606. The number of ether oxygens (including phenoxy) is 1. The Labute approximate surface area is 67.9 Å². The first-order valence-corrected chi connectivity index (χ1v) is 4.17. The van der Waals surface area contributed by atoms with Gasteiger partial charge in [0.25, 0.3) is 0 Å². The van der Waals surface area contributed by atoms with Gasteiger partial charge < -0.3 is 10.1 Å². The van der Waals surface area contributed by atoms with Crippen molar-refractivity contribution in [2.45, 2.75) is 19.2 Å². The van der Waals surface area contributed by atoms with E-state index in [1.807, 2.05) is 6.92 Å². The molecular weight excluding hydrogens is 150 g/mol. The molecule has 0 saturated carbocycles. The summed E-state index contributed by atoms with van der Waals surface area (Å²) in [5.74, 6) is 0. The maximum absolute atomic E-state index is 5.85. The molecule has 3 heteroatoms. The first-order valence-electron chi connectivity index (χ1n) is 3.73. The highest BCUT2D eigenvalue weighted by molar-refractivity contribution is 6.20. The summed E-state index contributed by atoms with van der Waals surface area (Å²) in [6.07, 6.45) is 0. The molecule has 0 aliphatic carbocycles. The average Bonchev–Trinajstić information content (AvgIpc) is 1.97. The predicted octanol–water partition coefficient (Wildman–Crippen LogP) is 1.24.